The van der Waals surface area contributed by atoms with Crippen LogP contribution in [-0.4, -0.2) is 34.5 Å². The SMILES string of the molecule is C=CC(=O)N1CC(Nc2c(C#N)c(=O)n(Cc3ccc(F)cc3)c3cc(F)c(F)cc23)C1. The van der Waals surface area contributed by atoms with Crippen molar-refractivity contribution in [3.05, 3.63) is 88.0 Å². The van der Waals surface area contributed by atoms with Gasteiger partial charge in [-0.25, -0.2) is 13.2 Å². The maximum atomic E-state index is 14.1. The molecule has 2 aromatic carbocycles. The second-order valence-corrected chi connectivity index (χ2v) is 7.45. The van der Waals surface area contributed by atoms with Crippen LogP contribution in [-0.2, 0) is 11.3 Å². The number of anilines is 1. The summed E-state index contributed by atoms with van der Waals surface area (Å²) >= 11 is 0. The highest BCUT2D eigenvalue weighted by Gasteiger charge is 2.31. The summed E-state index contributed by atoms with van der Waals surface area (Å²) in [6.07, 6.45) is 1.18. The Morgan fingerprint density at radius 1 is 1.19 bits per heavy atom. The smallest absolute Gasteiger partial charge is 0.271 e. The molecule has 6 nitrogen and oxygen atoms in total. The first-order valence-corrected chi connectivity index (χ1v) is 9.70. The molecule has 1 aliphatic rings. The zero-order chi connectivity index (χ0) is 23.0. The maximum absolute atomic E-state index is 14.1. The molecule has 0 unspecified atom stereocenters. The number of hydrogen-bond acceptors (Lipinski definition) is 4. The van der Waals surface area contributed by atoms with Crippen molar-refractivity contribution in [1.82, 2.24) is 9.47 Å². The Hall–Kier alpha value is -4.06. The molecule has 0 aliphatic carbocycles. The van der Waals surface area contributed by atoms with Crippen LogP contribution in [0.3, 0.4) is 0 Å². The molecule has 3 aromatic rings. The van der Waals surface area contributed by atoms with Gasteiger partial charge in [0.1, 0.15) is 17.4 Å². The van der Waals surface area contributed by atoms with Crippen LogP contribution in [0.4, 0.5) is 18.9 Å². The van der Waals surface area contributed by atoms with Crippen molar-refractivity contribution in [1.29, 1.82) is 5.26 Å². The van der Waals surface area contributed by atoms with Crippen molar-refractivity contribution in [3.8, 4) is 6.07 Å². The van der Waals surface area contributed by atoms with Crippen molar-refractivity contribution >= 4 is 22.5 Å². The Balaban J connectivity index is 1.82. The first kappa shape index (κ1) is 21.2. The third-order valence-electron chi connectivity index (χ3n) is 5.39. The average Bonchev–Trinajstić information content (AvgIpc) is 2.75. The minimum absolute atomic E-state index is 0.0688. The predicted molar refractivity (Wildman–Crippen MR) is 113 cm³/mol. The molecule has 0 radical (unpaired) electrons. The number of aromatic nitrogens is 1. The fourth-order valence-electron chi connectivity index (χ4n) is 3.71. The summed E-state index contributed by atoms with van der Waals surface area (Å²) in [5, 5.41) is 12.9. The molecule has 0 saturated carbocycles. The number of amides is 1. The molecule has 1 saturated heterocycles. The van der Waals surface area contributed by atoms with Gasteiger partial charge in [0, 0.05) is 24.5 Å². The lowest BCUT2D eigenvalue weighted by atomic mass is 10.0. The number of carbonyl (C=O) groups is 1. The Morgan fingerprint density at radius 2 is 1.84 bits per heavy atom. The number of nitrogens with zero attached hydrogens (tertiary/aromatic N) is 3. The normalized spacial score (nSPS) is 13.5. The number of hydrogen-bond donors (Lipinski definition) is 1. The molecule has 1 aromatic heterocycles. The van der Waals surface area contributed by atoms with Crippen LogP contribution in [0.2, 0.25) is 0 Å². The quantitative estimate of drug-likeness (QED) is 0.621. The zero-order valence-corrected chi connectivity index (χ0v) is 16.7. The van der Waals surface area contributed by atoms with Gasteiger partial charge in [0.2, 0.25) is 5.91 Å². The lowest BCUT2D eigenvalue weighted by molar-refractivity contribution is -0.129. The summed E-state index contributed by atoms with van der Waals surface area (Å²) in [6.45, 7) is 3.96. The van der Waals surface area contributed by atoms with Crippen molar-refractivity contribution in [3.63, 3.8) is 0 Å². The molecule has 1 N–H and O–H groups in total. The second kappa shape index (κ2) is 8.23. The number of fused-ring (bicyclic) bond motifs is 1. The Morgan fingerprint density at radius 3 is 2.47 bits per heavy atom. The van der Waals surface area contributed by atoms with Gasteiger partial charge in [-0.3, -0.25) is 9.59 Å². The van der Waals surface area contributed by atoms with E-state index in [9.17, 15) is 28.0 Å². The van der Waals surface area contributed by atoms with Crippen LogP contribution in [0.1, 0.15) is 11.1 Å². The summed E-state index contributed by atoms with van der Waals surface area (Å²) in [6, 6.07) is 8.77. The van der Waals surface area contributed by atoms with E-state index in [1.807, 2.05) is 6.07 Å². The van der Waals surface area contributed by atoms with Crippen LogP contribution >= 0.6 is 0 Å². The van der Waals surface area contributed by atoms with Crippen LogP contribution in [0.15, 0.2) is 53.8 Å². The molecule has 1 fully saturated rings. The van der Waals surface area contributed by atoms with Crippen LogP contribution < -0.4 is 10.9 Å². The standard InChI is InChI=1S/C23H17F3N4O2/c1-2-21(31)29-11-15(12-29)28-22-16-7-18(25)19(26)8-20(16)30(23(32)17(22)9-27)10-13-3-5-14(24)6-4-13/h2-8,15,28H,1,10-12H2. The maximum Gasteiger partial charge on any atom is 0.271 e. The number of halogens is 3. The van der Waals surface area contributed by atoms with Gasteiger partial charge in [-0.2, -0.15) is 5.26 Å². The molecule has 4 rings (SSSR count). The third-order valence-corrected chi connectivity index (χ3v) is 5.39. The lowest BCUT2D eigenvalue weighted by Gasteiger charge is -2.39. The van der Waals surface area contributed by atoms with E-state index in [1.54, 1.807) is 0 Å². The lowest BCUT2D eigenvalue weighted by Crippen LogP contribution is -2.56. The number of likely N-dealkylation sites (tertiary alicyclic amines) is 1. The molecule has 162 valence electrons. The first-order chi connectivity index (χ1) is 15.3. The van der Waals surface area contributed by atoms with Gasteiger partial charge < -0.3 is 14.8 Å². The molecule has 0 bridgehead atoms. The number of carbonyl (C=O) groups excluding carboxylic acids is 1. The van der Waals surface area contributed by atoms with Gasteiger partial charge in [0.05, 0.1) is 23.8 Å². The van der Waals surface area contributed by atoms with E-state index >= 15 is 0 Å². The predicted octanol–water partition coefficient (Wildman–Crippen LogP) is 3.15. The van der Waals surface area contributed by atoms with Crippen LogP contribution in [0.5, 0.6) is 0 Å². The van der Waals surface area contributed by atoms with Gasteiger partial charge in [0.25, 0.3) is 5.56 Å². The van der Waals surface area contributed by atoms with E-state index in [4.69, 9.17) is 0 Å². The summed E-state index contributed by atoms with van der Waals surface area (Å²) in [5.74, 6) is -2.99. The molecule has 9 heteroatoms. The summed E-state index contributed by atoms with van der Waals surface area (Å²) in [4.78, 5) is 26.3. The fraction of sp³-hybridized carbons (Fsp3) is 0.174. The minimum atomic E-state index is -1.15. The average molecular weight is 438 g/mol. The number of pyridine rings is 1. The van der Waals surface area contributed by atoms with Crippen molar-refractivity contribution in [2.45, 2.75) is 12.6 Å². The molecule has 0 spiro atoms. The van der Waals surface area contributed by atoms with E-state index in [0.717, 1.165) is 16.7 Å². The van der Waals surface area contributed by atoms with Gasteiger partial charge >= 0.3 is 0 Å². The monoisotopic (exact) mass is 438 g/mol. The fourth-order valence-corrected chi connectivity index (χ4v) is 3.71. The summed E-state index contributed by atoms with van der Waals surface area (Å²) in [7, 11) is 0. The third kappa shape index (κ3) is 3.71. The summed E-state index contributed by atoms with van der Waals surface area (Å²) in [5.41, 5.74) is -0.257. The highest BCUT2D eigenvalue weighted by Crippen LogP contribution is 2.29. The van der Waals surface area contributed by atoms with E-state index in [1.165, 1.54) is 35.2 Å². The summed E-state index contributed by atoms with van der Waals surface area (Å²) < 4.78 is 42.6. The van der Waals surface area contributed by atoms with Gasteiger partial charge in [-0.1, -0.05) is 18.7 Å². The van der Waals surface area contributed by atoms with E-state index in [0.29, 0.717) is 18.7 Å². The Labute approximate surface area is 180 Å². The molecule has 1 amide bonds. The minimum Gasteiger partial charge on any atom is -0.377 e. The Kier molecular flexibility index (Phi) is 5.45. The van der Waals surface area contributed by atoms with Gasteiger partial charge in [0.15, 0.2) is 11.6 Å². The van der Waals surface area contributed by atoms with E-state index in [-0.39, 0.29) is 40.6 Å². The number of nitrogens with one attached hydrogen (secondary N) is 1. The van der Waals surface area contributed by atoms with Gasteiger partial charge in [-0.15, -0.1) is 0 Å². The van der Waals surface area contributed by atoms with Crippen molar-refractivity contribution < 1.29 is 18.0 Å². The first-order valence-electron chi connectivity index (χ1n) is 9.70. The largest absolute Gasteiger partial charge is 0.377 e. The van der Waals surface area contributed by atoms with Crippen molar-refractivity contribution in [2.24, 2.45) is 0 Å². The molecule has 1 aliphatic heterocycles. The zero-order valence-electron chi connectivity index (χ0n) is 16.7. The van der Waals surface area contributed by atoms with Gasteiger partial charge in [-0.05, 0) is 29.8 Å². The molecule has 2 heterocycles. The number of benzene rings is 2. The van der Waals surface area contributed by atoms with Crippen LogP contribution in [0.25, 0.3) is 10.9 Å². The van der Waals surface area contributed by atoms with E-state index < -0.39 is 23.0 Å². The molecule has 32 heavy (non-hydrogen) atoms. The van der Waals surface area contributed by atoms with Crippen LogP contribution in [0, 0.1) is 28.8 Å². The molecular weight excluding hydrogens is 421 g/mol. The Bertz CT molecular complexity index is 1340. The number of rotatable bonds is 5. The molecular formula is C23H17F3N4O2. The molecule has 0 atom stereocenters. The highest BCUT2D eigenvalue weighted by atomic mass is 19.2. The second-order valence-electron chi connectivity index (χ2n) is 7.45. The van der Waals surface area contributed by atoms with E-state index in [2.05, 4.69) is 11.9 Å². The highest BCUT2D eigenvalue weighted by molar-refractivity contribution is 5.95. The topological polar surface area (TPSA) is 78.1 Å². The van der Waals surface area contributed by atoms with Crippen molar-refractivity contribution in [2.75, 3.05) is 18.4 Å². The number of nitriles is 1.